The van der Waals surface area contributed by atoms with E-state index < -0.39 is 54.3 Å². The van der Waals surface area contributed by atoms with Crippen LogP contribution in [0.3, 0.4) is 0 Å². The number of hydrogen-bond acceptors (Lipinski definition) is 7. The van der Waals surface area contributed by atoms with E-state index in [2.05, 4.69) is 25.9 Å². The van der Waals surface area contributed by atoms with Gasteiger partial charge in [-0.2, -0.15) is 0 Å². The summed E-state index contributed by atoms with van der Waals surface area (Å²) in [4.78, 5) is 64.7. The van der Waals surface area contributed by atoms with E-state index >= 15 is 0 Å². The largest absolute Gasteiger partial charge is 0.480 e. The maximum atomic E-state index is 12.3. The van der Waals surface area contributed by atoms with Gasteiger partial charge in [0.2, 0.25) is 23.6 Å². The highest BCUT2D eigenvalue weighted by Crippen LogP contribution is 2.00. The van der Waals surface area contributed by atoms with Gasteiger partial charge in [-0.1, -0.05) is 0 Å². The third-order valence-electron chi connectivity index (χ3n) is 3.81. The highest BCUT2D eigenvalue weighted by atomic mass is 16.4. The fourth-order valence-electron chi connectivity index (χ4n) is 2.25. The van der Waals surface area contributed by atoms with Gasteiger partial charge in [-0.15, -0.1) is 0 Å². The van der Waals surface area contributed by atoms with Crippen molar-refractivity contribution in [1.82, 2.24) is 25.9 Å². The van der Waals surface area contributed by atoms with E-state index in [-0.39, 0.29) is 19.3 Å². The van der Waals surface area contributed by atoms with E-state index in [1.54, 1.807) is 0 Å². The molecular formula is C16H25N7O6. The van der Waals surface area contributed by atoms with Gasteiger partial charge < -0.3 is 37.5 Å². The van der Waals surface area contributed by atoms with Crippen LogP contribution in [0.1, 0.15) is 25.5 Å². The molecule has 0 fully saturated rings. The number of aromatic amines is 1. The molecule has 4 amide bonds. The molecular weight excluding hydrogens is 386 g/mol. The van der Waals surface area contributed by atoms with Crippen molar-refractivity contribution in [1.29, 1.82) is 0 Å². The lowest BCUT2D eigenvalue weighted by Crippen LogP contribution is -2.55. The first-order valence-corrected chi connectivity index (χ1v) is 8.71. The van der Waals surface area contributed by atoms with Crippen LogP contribution in [0.15, 0.2) is 12.5 Å². The van der Waals surface area contributed by atoms with Crippen molar-refractivity contribution in [2.45, 2.75) is 44.3 Å². The molecule has 0 saturated carbocycles. The van der Waals surface area contributed by atoms with Crippen LogP contribution in [0, 0.1) is 0 Å². The molecule has 3 atom stereocenters. The van der Waals surface area contributed by atoms with E-state index in [9.17, 15) is 24.0 Å². The maximum absolute atomic E-state index is 12.3. The Kier molecular flexibility index (Phi) is 9.25. The van der Waals surface area contributed by atoms with Crippen LogP contribution in [-0.4, -0.2) is 69.3 Å². The molecule has 0 aliphatic carbocycles. The molecule has 1 rings (SSSR count). The minimum atomic E-state index is -1.27. The van der Waals surface area contributed by atoms with Gasteiger partial charge in [0.15, 0.2) is 0 Å². The maximum Gasteiger partial charge on any atom is 0.322 e. The van der Waals surface area contributed by atoms with Crippen molar-refractivity contribution in [2.75, 3.05) is 6.54 Å². The van der Waals surface area contributed by atoms with Crippen LogP contribution < -0.4 is 27.4 Å². The number of nitrogens with two attached hydrogens (primary N) is 2. The first kappa shape index (κ1) is 23.6. The molecule has 0 spiro atoms. The Morgan fingerprint density at radius 2 is 1.86 bits per heavy atom. The zero-order chi connectivity index (χ0) is 22.0. The molecule has 1 aromatic heterocycles. The summed E-state index contributed by atoms with van der Waals surface area (Å²) in [6, 6.07) is -3.18. The summed E-state index contributed by atoms with van der Waals surface area (Å²) in [5, 5.41) is 15.5. The lowest BCUT2D eigenvalue weighted by molar-refractivity contribution is -0.138. The van der Waals surface area contributed by atoms with Gasteiger partial charge in [0.25, 0.3) is 0 Å². The number of carboxylic acids is 1. The number of nitrogens with one attached hydrogen (secondary N) is 4. The van der Waals surface area contributed by atoms with Crippen molar-refractivity contribution in [3.63, 3.8) is 0 Å². The van der Waals surface area contributed by atoms with Gasteiger partial charge in [0, 0.05) is 24.7 Å². The third kappa shape index (κ3) is 8.83. The van der Waals surface area contributed by atoms with Crippen LogP contribution in [0.25, 0.3) is 0 Å². The van der Waals surface area contributed by atoms with Gasteiger partial charge in [-0.05, 0) is 13.3 Å². The lowest BCUT2D eigenvalue weighted by Gasteiger charge is -2.21. The Morgan fingerprint density at radius 1 is 1.17 bits per heavy atom. The summed E-state index contributed by atoms with van der Waals surface area (Å²) >= 11 is 0. The number of primary amides is 1. The molecule has 0 radical (unpaired) electrons. The standard InChI is InChI=1S/C16H25N7O6/c1-8(22-15(28)10(17)4-9-5-19-7-21-9)14(27)23-11(2-3-12(18)24)16(29)20-6-13(25)26/h5,7-8,10-11H,2-4,6,17H2,1H3,(H2,18,24)(H,19,21)(H,20,29)(H,22,28)(H,23,27)(H,25,26). The van der Waals surface area contributed by atoms with E-state index in [4.69, 9.17) is 16.6 Å². The quantitative estimate of drug-likeness (QED) is 0.184. The van der Waals surface area contributed by atoms with Crippen LogP contribution >= 0.6 is 0 Å². The Hall–Kier alpha value is -3.48. The van der Waals surface area contributed by atoms with Gasteiger partial charge in [0.1, 0.15) is 18.6 Å². The second-order valence-electron chi connectivity index (χ2n) is 6.30. The van der Waals surface area contributed by atoms with Crippen LogP contribution in [0.4, 0.5) is 0 Å². The summed E-state index contributed by atoms with van der Waals surface area (Å²) < 4.78 is 0. The number of amides is 4. The second kappa shape index (κ2) is 11.4. The van der Waals surface area contributed by atoms with Crippen molar-refractivity contribution >= 4 is 29.6 Å². The van der Waals surface area contributed by atoms with E-state index in [0.29, 0.717) is 5.69 Å². The summed E-state index contributed by atoms with van der Waals surface area (Å²) in [6.45, 7) is 0.729. The third-order valence-corrected chi connectivity index (χ3v) is 3.81. The van der Waals surface area contributed by atoms with Crippen LogP contribution in [-0.2, 0) is 30.4 Å². The first-order valence-electron chi connectivity index (χ1n) is 8.71. The number of H-pyrrole nitrogens is 1. The highest BCUT2D eigenvalue weighted by molar-refractivity contribution is 5.93. The number of nitrogens with zero attached hydrogens (tertiary/aromatic N) is 1. The van der Waals surface area contributed by atoms with E-state index in [0.717, 1.165) is 0 Å². The molecule has 0 bridgehead atoms. The van der Waals surface area contributed by atoms with E-state index in [1.807, 2.05) is 0 Å². The number of carbonyl (C=O) groups excluding carboxylic acids is 4. The van der Waals surface area contributed by atoms with Gasteiger partial charge >= 0.3 is 5.97 Å². The van der Waals surface area contributed by atoms with Crippen LogP contribution in [0.5, 0.6) is 0 Å². The zero-order valence-electron chi connectivity index (χ0n) is 15.8. The predicted octanol–water partition coefficient (Wildman–Crippen LogP) is -3.26. The van der Waals surface area contributed by atoms with Crippen molar-refractivity contribution in [3.05, 3.63) is 18.2 Å². The Morgan fingerprint density at radius 3 is 2.41 bits per heavy atom. The molecule has 0 aliphatic heterocycles. The Labute approximate surface area is 166 Å². The number of rotatable bonds is 12. The Bertz CT molecular complexity index is 736. The van der Waals surface area contributed by atoms with Gasteiger partial charge in [-0.3, -0.25) is 24.0 Å². The fraction of sp³-hybridized carbons (Fsp3) is 0.500. The number of aliphatic carboxylic acids is 1. The molecule has 13 nitrogen and oxygen atoms in total. The summed E-state index contributed by atoms with van der Waals surface area (Å²) in [5.41, 5.74) is 11.5. The van der Waals surface area contributed by atoms with Crippen LogP contribution in [0.2, 0.25) is 0 Å². The van der Waals surface area contributed by atoms with Gasteiger partial charge in [-0.25, -0.2) is 4.98 Å². The number of hydrogen-bond donors (Lipinski definition) is 7. The second-order valence-corrected chi connectivity index (χ2v) is 6.30. The first-order chi connectivity index (χ1) is 13.6. The molecule has 0 aromatic carbocycles. The summed E-state index contributed by atoms with van der Waals surface area (Å²) in [5.74, 6) is -4.07. The average molecular weight is 411 g/mol. The fourth-order valence-corrected chi connectivity index (χ4v) is 2.25. The molecule has 1 aromatic rings. The highest BCUT2D eigenvalue weighted by Gasteiger charge is 2.26. The molecule has 3 unspecified atom stereocenters. The molecule has 29 heavy (non-hydrogen) atoms. The minimum absolute atomic E-state index is 0.132. The van der Waals surface area contributed by atoms with E-state index in [1.165, 1.54) is 19.4 Å². The zero-order valence-corrected chi connectivity index (χ0v) is 15.8. The topological polar surface area (TPSA) is 222 Å². The number of aromatic nitrogens is 2. The van der Waals surface area contributed by atoms with Crippen molar-refractivity contribution in [3.8, 4) is 0 Å². The van der Waals surface area contributed by atoms with Crippen molar-refractivity contribution in [2.24, 2.45) is 11.5 Å². The number of imidazole rings is 1. The SMILES string of the molecule is CC(NC(=O)C(N)Cc1cnc[nH]1)C(=O)NC(CCC(N)=O)C(=O)NCC(=O)O. The number of carboxylic acid groups (broad SMARTS) is 1. The average Bonchev–Trinajstić information content (AvgIpc) is 3.15. The summed E-state index contributed by atoms with van der Waals surface area (Å²) in [7, 11) is 0. The normalized spacial score (nSPS) is 13.6. The predicted molar refractivity (Wildman–Crippen MR) is 98.9 cm³/mol. The number of carbonyl (C=O) groups is 5. The summed E-state index contributed by atoms with van der Waals surface area (Å²) in [6.07, 6.45) is 2.80. The Balaban J connectivity index is 2.63. The van der Waals surface area contributed by atoms with Gasteiger partial charge in [0.05, 0.1) is 12.4 Å². The monoisotopic (exact) mass is 411 g/mol. The smallest absolute Gasteiger partial charge is 0.322 e. The molecule has 1 heterocycles. The molecule has 13 heteroatoms. The molecule has 160 valence electrons. The lowest BCUT2D eigenvalue weighted by atomic mass is 10.1. The molecule has 0 aliphatic rings. The van der Waals surface area contributed by atoms with Crippen molar-refractivity contribution < 1.29 is 29.1 Å². The molecule has 9 N–H and O–H groups in total. The molecule has 0 saturated heterocycles. The minimum Gasteiger partial charge on any atom is -0.480 e.